The molecule has 4 rings (SSSR count). The molecule has 28 heavy (non-hydrogen) atoms. The van der Waals surface area contributed by atoms with Gasteiger partial charge in [0.05, 0.1) is 18.6 Å². The van der Waals surface area contributed by atoms with Gasteiger partial charge in [-0.05, 0) is 44.7 Å². The Kier molecular flexibility index (Phi) is 5.34. The van der Waals surface area contributed by atoms with E-state index in [1.54, 1.807) is 29.9 Å². The lowest BCUT2D eigenvalue weighted by Gasteiger charge is -2.22. The zero-order valence-corrected chi connectivity index (χ0v) is 16.3. The average molecular weight is 400 g/mol. The first-order valence-electron chi connectivity index (χ1n) is 9.11. The minimum absolute atomic E-state index is 0.146. The van der Waals surface area contributed by atoms with E-state index >= 15 is 0 Å². The number of hydrogen-bond acceptors (Lipinski definition) is 7. The number of rotatable bonds is 6. The van der Waals surface area contributed by atoms with E-state index in [9.17, 15) is 9.59 Å². The summed E-state index contributed by atoms with van der Waals surface area (Å²) < 4.78 is 12.0. The summed E-state index contributed by atoms with van der Waals surface area (Å²) in [6, 6.07) is 5.30. The second-order valence-corrected chi connectivity index (χ2v) is 7.62. The number of furan rings is 1. The summed E-state index contributed by atoms with van der Waals surface area (Å²) in [5.74, 6) is 1.65. The van der Waals surface area contributed by atoms with Crippen molar-refractivity contribution in [2.45, 2.75) is 44.2 Å². The molecular formula is C19H20N4O4S. The minimum atomic E-state index is -0.313. The van der Waals surface area contributed by atoms with Gasteiger partial charge in [-0.1, -0.05) is 16.9 Å². The number of nitrogens with one attached hydrogen (secondary N) is 1. The van der Waals surface area contributed by atoms with Crippen molar-refractivity contribution in [3.05, 3.63) is 57.7 Å². The Bertz CT molecular complexity index is 1040. The summed E-state index contributed by atoms with van der Waals surface area (Å²) in [5.41, 5.74) is 1.75. The summed E-state index contributed by atoms with van der Waals surface area (Å²) in [7, 11) is 0. The molecule has 3 aromatic rings. The van der Waals surface area contributed by atoms with Crippen molar-refractivity contribution in [1.82, 2.24) is 14.7 Å². The molecule has 0 aliphatic heterocycles. The van der Waals surface area contributed by atoms with E-state index in [0.717, 1.165) is 42.7 Å². The Morgan fingerprint density at radius 1 is 1.36 bits per heavy atom. The zero-order valence-electron chi connectivity index (χ0n) is 15.4. The smallest absolute Gasteiger partial charge is 0.349 e. The zero-order chi connectivity index (χ0) is 19.5. The van der Waals surface area contributed by atoms with E-state index in [0.29, 0.717) is 23.1 Å². The van der Waals surface area contributed by atoms with Gasteiger partial charge in [-0.2, -0.15) is 4.98 Å². The van der Waals surface area contributed by atoms with Crippen LogP contribution >= 0.6 is 11.8 Å². The number of anilines is 1. The maximum absolute atomic E-state index is 12.7. The summed E-state index contributed by atoms with van der Waals surface area (Å²) >= 11 is 1.28. The largest absolute Gasteiger partial charge is 0.467 e. The summed E-state index contributed by atoms with van der Waals surface area (Å²) in [4.78, 5) is 29.1. The van der Waals surface area contributed by atoms with Crippen LogP contribution in [0.5, 0.6) is 0 Å². The van der Waals surface area contributed by atoms with Gasteiger partial charge in [0.25, 0.3) is 0 Å². The second kappa shape index (κ2) is 8.05. The van der Waals surface area contributed by atoms with Crippen molar-refractivity contribution in [3.8, 4) is 0 Å². The second-order valence-electron chi connectivity index (χ2n) is 6.66. The number of hydrogen-bond donors (Lipinski definition) is 1. The number of carbonyl (C=O) groups is 1. The number of aryl methyl sites for hydroxylation is 1. The van der Waals surface area contributed by atoms with Gasteiger partial charge in [-0.25, -0.2) is 4.79 Å². The first-order chi connectivity index (χ1) is 13.6. The lowest BCUT2D eigenvalue weighted by Crippen LogP contribution is -2.30. The van der Waals surface area contributed by atoms with Gasteiger partial charge in [0, 0.05) is 17.3 Å². The maximum Gasteiger partial charge on any atom is 0.349 e. The van der Waals surface area contributed by atoms with Crippen LogP contribution in [-0.4, -0.2) is 26.4 Å². The molecule has 0 spiro atoms. The topological polar surface area (TPSA) is 103 Å². The van der Waals surface area contributed by atoms with Crippen molar-refractivity contribution in [1.29, 1.82) is 0 Å². The predicted molar refractivity (Wildman–Crippen MR) is 104 cm³/mol. The van der Waals surface area contributed by atoms with Crippen LogP contribution in [-0.2, 0) is 24.2 Å². The molecule has 0 unspecified atom stereocenters. The van der Waals surface area contributed by atoms with Gasteiger partial charge >= 0.3 is 5.69 Å². The molecule has 0 aromatic carbocycles. The quantitative estimate of drug-likeness (QED) is 0.501. The van der Waals surface area contributed by atoms with Crippen molar-refractivity contribution < 1.29 is 13.7 Å². The fourth-order valence-corrected chi connectivity index (χ4v) is 4.20. The van der Waals surface area contributed by atoms with E-state index in [-0.39, 0.29) is 17.3 Å². The van der Waals surface area contributed by atoms with Crippen LogP contribution in [0, 0.1) is 6.92 Å². The van der Waals surface area contributed by atoms with Crippen molar-refractivity contribution in [3.63, 3.8) is 0 Å². The average Bonchev–Trinajstić information content (AvgIpc) is 3.34. The number of nitrogens with zero attached hydrogens (tertiary/aromatic N) is 3. The summed E-state index contributed by atoms with van der Waals surface area (Å²) in [6.45, 7) is 2.13. The minimum Gasteiger partial charge on any atom is -0.467 e. The molecule has 8 nitrogen and oxygen atoms in total. The molecule has 0 saturated heterocycles. The molecule has 1 aliphatic carbocycles. The highest BCUT2D eigenvalue weighted by Gasteiger charge is 2.21. The first kappa shape index (κ1) is 18.5. The Balaban J connectivity index is 1.53. The van der Waals surface area contributed by atoms with Gasteiger partial charge in [-0.3, -0.25) is 9.36 Å². The SMILES string of the molecule is Cc1cc(NC(=O)CSc2nc(=O)n(Cc3ccco3)c3c2CCCC3)no1. The van der Waals surface area contributed by atoms with E-state index < -0.39 is 0 Å². The van der Waals surface area contributed by atoms with Crippen LogP contribution in [0.25, 0.3) is 0 Å². The fourth-order valence-electron chi connectivity index (χ4n) is 3.33. The Hall–Kier alpha value is -2.81. The van der Waals surface area contributed by atoms with E-state index in [1.165, 1.54) is 11.8 Å². The molecular weight excluding hydrogens is 380 g/mol. The summed E-state index contributed by atoms with van der Waals surface area (Å²) in [6.07, 6.45) is 5.36. The molecule has 3 aromatic heterocycles. The molecule has 0 atom stereocenters. The van der Waals surface area contributed by atoms with Crippen LogP contribution < -0.4 is 11.0 Å². The Morgan fingerprint density at radius 2 is 2.21 bits per heavy atom. The normalized spacial score (nSPS) is 13.3. The number of aromatic nitrogens is 3. The molecule has 3 heterocycles. The van der Waals surface area contributed by atoms with Crippen molar-refractivity contribution >= 4 is 23.5 Å². The number of amides is 1. The monoisotopic (exact) mass is 400 g/mol. The van der Waals surface area contributed by atoms with Crippen LogP contribution in [0.1, 0.15) is 35.6 Å². The molecule has 0 fully saturated rings. The van der Waals surface area contributed by atoms with Crippen LogP contribution in [0.3, 0.4) is 0 Å². The Labute approximate surface area is 165 Å². The number of carbonyl (C=O) groups excluding carboxylic acids is 1. The van der Waals surface area contributed by atoms with Gasteiger partial charge in [0.1, 0.15) is 16.5 Å². The highest BCUT2D eigenvalue weighted by molar-refractivity contribution is 8.00. The maximum atomic E-state index is 12.7. The van der Waals surface area contributed by atoms with Crippen LogP contribution in [0.15, 0.2) is 43.2 Å². The standard InChI is InChI=1S/C19H20N4O4S/c1-12-9-16(22-27-12)20-17(24)11-28-18-14-6-2-3-7-15(14)23(19(25)21-18)10-13-5-4-8-26-13/h4-5,8-9H,2-3,6-7,10-11H2,1H3,(H,20,22,24). The molecule has 1 amide bonds. The van der Waals surface area contributed by atoms with E-state index in [4.69, 9.17) is 8.94 Å². The van der Waals surface area contributed by atoms with Crippen LogP contribution in [0.4, 0.5) is 5.82 Å². The lowest BCUT2D eigenvalue weighted by molar-refractivity contribution is -0.113. The van der Waals surface area contributed by atoms with Crippen LogP contribution in [0.2, 0.25) is 0 Å². The molecule has 1 N–H and O–H groups in total. The number of fused-ring (bicyclic) bond motifs is 1. The highest BCUT2D eigenvalue weighted by Crippen LogP contribution is 2.28. The first-order valence-corrected chi connectivity index (χ1v) is 10.1. The van der Waals surface area contributed by atoms with Gasteiger partial charge in [0.2, 0.25) is 5.91 Å². The van der Waals surface area contributed by atoms with E-state index in [2.05, 4.69) is 15.5 Å². The Morgan fingerprint density at radius 3 is 2.96 bits per heavy atom. The van der Waals surface area contributed by atoms with Crippen molar-refractivity contribution in [2.24, 2.45) is 0 Å². The molecule has 0 saturated carbocycles. The lowest BCUT2D eigenvalue weighted by atomic mass is 9.97. The summed E-state index contributed by atoms with van der Waals surface area (Å²) in [5, 5.41) is 7.07. The third-order valence-corrected chi connectivity index (χ3v) is 5.60. The molecule has 1 aliphatic rings. The fraction of sp³-hybridized carbons (Fsp3) is 0.368. The van der Waals surface area contributed by atoms with Gasteiger partial charge in [0.15, 0.2) is 5.82 Å². The van der Waals surface area contributed by atoms with Gasteiger partial charge in [-0.15, -0.1) is 0 Å². The molecule has 0 bridgehead atoms. The van der Waals surface area contributed by atoms with Crippen molar-refractivity contribution in [2.75, 3.05) is 11.1 Å². The van der Waals surface area contributed by atoms with Gasteiger partial charge < -0.3 is 14.3 Å². The third-order valence-electron chi connectivity index (χ3n) is 4.58. The number of thioether (sulfide) groups is 1. The highest BCUT2D eigenvalue weighted by atomic mass is 32.2. The predicted octanol–water partition coefficient (Wildman–Crippen LogP) is 2.79. The molecule has 146 valence electrons. The molecule has 0 radical (unpaired) electrons. The third kappa shape index (κ3) is 4.04. The molecule has 9 heteroatoms. The van der Waals surface area contributed by atoms with E-state index in [1.807, 2.05) is 6.07 Å².